The predicted octanol–water partition coefficient (Wildman–Crippen LogP) is 2.93. The van der Waals surface area contributed by atoms with Gasteiger partial charge in [-0.3, -0.25) is 4.98 Å². The zero-order chi connectivity index (χ0) is 10.7. The Hall–Kier alpha value is -1.19. The molecule has 1 heterocycles. The van der Waals surface area contributed by atoms with Crippen LogP contribution < -0.4 is 0 Å². The van der Waals surface area contributed by atoms with E-state index in [0.717, 1.165) is 15.6 Å². The number of benzene rings is 1. The number of nitrogens with zero attached hydrogens (tertiary/aromatic N) is 1. The van der Waals surface area contributed by atoms with Gasteiger partial charge in [0.25, 0.3) is 0 Å². The van der Waals surface area contributed by atoms with E-state index < -0.39 is 6.10 Å². The summed E-state index contributed by atoms with van der Waals surface area (Å²) >= 11 is 3.38. The molecule has 0 amide bonds. The van der Waals surface area contributed by atoms with E-state index in [0.29, 0.717) is 0 Å². The third kappa shape index (κ3) is 2.43. The van der Waals surface area contributed by atoms with Crippen LogP contribution >= 0.6 is 15.9 Å². The van der Waals surface area contributed by atoms with E-state index in [-0.39, 0.29) is 0 Å². The van der Waals surface area contributed by atoms with Crippen LogP contribution in [0.3, 0.4) is 0 Å². The molecule has 2 nitrogen and oxygen atoms in total. The molecule has 0 fully saturated rings. The number of hydrogen-bond donors (Lipinski definition) is 1. The third-order valence-electron chi connectivity index (χ3n) is 2.19. The molecule has 1 unspecified atom stereocenters. The quantitative estimate of drug-likeness (QED) is 0.904. The van der Waals surface area contributed by atoms with Crippen molar-refractivity contribution in [1.29, 1.82) is 0 Å². The summed E-state index contributed by atoms with van der Waals surface area (Å²) in [6.45, 7) is 0. The number of aromatic nitrogens is 1. The third-order valence-corrected chi connectivity index (χ3v) is 2.68. The number of rotatable bonds is 2. The number of hydrogen-bond acceptors (Lipinski definition) is 2. The Kier molecular flexibility index (Phi) is 3.14. The molecule has 2 aromatic rings. The van der Waals surface area contributed by atoms with E-state index in [4.69, 9.17) is 0 Å². The molecule has 0 saturated carbocycles. The lowest BCUT2D eigenvalue weighted by molar-refractivity contribution is 0.220. The van der Waals surface area contributed by atoms with Crippen LogP contribution in [-0.2, 0) is 0 Å². The van der Waals surface area contributed by atoms with Crippen molar-refractivity contribution in [3.8, 4) is 0 Å². The minimum Gasteiger partial charge on any atom is -0.384 e. The summed E-state index contributed by atoms with van der Waals surface area (Å²) < 4.78 is 0.966. The van der Waals surface area contributed by atoms with Gasteiger partial charge in [-0.15, -0.1) is 0 Å². The van der Waals surface area contributed by atoms with E-state index in [1.807, 2.05) is 36.4 Å². The first kappa shape index (κ1) is 10.3. The van der Waals surface area contributed by atoms with Gasteiger partial charge in [0.05, 0.1) is 0 Å². The molecular formula is C12H10BrNO. The lowest BCUT2D eigenvalue weighted by Gasteiger charge is -2.11. The molecular weight excluding hydrogens is 254 g/mol. The Balaban J connectivity index is 2.32. The number of aliphatic hydroxyl groups excluding tert-OH is 1. The summed E-state index contributed by atoms with van der Waals surface area (Å²) in [6, 6.07) is 11.3. The van der Waals surface area contributed by atoms with Gasteiger partial charge in [-0.25, -0.2) is 0 Å². The van der Waals surface area contributed by atoms with Crippen molar-refractivity contribution in [2.24, 2.45) is 0 Å². The Morgan fingerprint density at radius 3 is 2.47 bits per heavy atom. The van der Waals surface area contributed by atoms with Crippen LogP contribution in [0, 0.1) is 0 Å². The molecule has 0 radical (unpaired) electrons. The second-order valence-electron chi connectivity index (χ2n) is 3.24. The summed E-state index contributed by atoms with van der Waals surface area (Å²) in [5, 5.41) is 10.1. The number of halogens is 1. The summed E-state index contributed by atoms with van der Waals surface area (Å²) in [7, 11) is 0. The molecule has 3 heteroatoms. The lowest BCUT2D eigenvalue weighted by atomic mass is 10.0. The van der Waals surface area contributed by atoms with Crippen molar-refractivity contribution in [3.05, 3.63) is 64.4 Å². The highest BCUT2D eigenvalue weighted by Crippen LogP contribution is 2.23. The summed E-state index contributed by atoms with van der Waals surface area (Å²) in [6.07, 6.45) is 2.76. The van der Waals surface area contributed by atoms with Gasteiger partial charge in [0.1, 0.15) is 6.10 Å². The fraction of sp³-hybridized carbons (Fsp3) is 0.0833. The van der Waals surface area contributed by atoms with Crippen LogP contribution in [0.25, 0.3) is 0 Å². The van der Waals surface area contributed by atoms with E-state index in [9.17, 15) is 5.11 Å². The first-order valence-corrected chi connectivity index (χ1v) is 5.40. The maximum atomic E-state index is 10.1. The first-order chi connectivity index (χ1) is 7.27. The van der Waals surface area contributed by atoms with Crippen molar-refractivity contribution in [2.45, 2.75) is 6.10 Å². The van der Waals surface area contributed by atoms with Crippen LogP contribution in [0.5, 0.6) is 0 Å². The Labute approximate surface area is 96.7 Å². The minimum absolute atomic E-state index is 0.592. The van der Waals surface area contributed by atoms with Gasteiger partial charge in [-0.05, 0) is 35.4 Å². The molecule has 0 aliphatic rings. The summed E-state index contributed by atoms with van der Waals surface area (Å²) in [5.41, 5.74) is 1.72. The van der Waals surface area contributed by atoms with Crippen LogP contribution in [0.15, 0.2) is 53.3 Å². The average molecular weight is 264 g/mol. The molecule has 0 aliphatic heterocycles. The highest BCUT2D eigenvalue weighted by atomic mass is 79.9. The van der Waals surface area contributed by atoms with E-state index >= 15 is 0 Å². The fourth-order valence-electron chi connectivity index (χ4n) is 1.41. The molecule has 0 spiro atoms. The van der Waals surface area contributed by atoms with E-state index in [1.54, 1.807) is 12.4 Å². The minimum atomic E-state index is -0.592. The van der Waals surface area contributed by atoms with Crippen LogP contribution in [0.4, 0.5) is 0 Å². The van der Waals surface area contributed by atoms with Gasteiger partial charge in [0.15, 0.2) is 0 Å². The Morgan fingerprint density at radius 2 is 1.80 bits per heavy atom. The molecule has 2 rings (SSSR count). The van der Waals surface area contributed by atoms with Gasteiger partial charge in [0, 0.05) is 16.9 Å². The first-order valence-electron chi connectivity index (χ1n) is 4.61. The van der Waals surface area contributed by atoms with Crippen molar-refractivity contribution >= 4 is 15.9 Å². The van der Waals surface area contributed by atoms with Crippen LogP contribution in [0.1, 0.15) is 17.2 Å². The smallest absolute Gasteiger partial charge is 0.104 e. The second-order valence-corrected chi connectivity index (χ2v) is 4.15. The highest BCUT2D eigenvalue weighted by Gasteiger charge is 2.09. The summed E-state index contributed by atoms with van der Waals surface area (Å²) in [5.74, 6) is 0. The lowest BCUT2D eigenvalue weighted by Crippen LogP contribution is -1.99. The average Bonchev–Trinajstić information content (AvgIpc) is 2.29. The topological polar surface area (TPSA) is 33.1 Å². The van der Waals surface area contributed by atoms with Crippen LogP contribution in [0.2, 0.25) is 0 Å². The van der Waals surface area contributed by atoms with Gasteiger partial charge >= 0.3 is 0 Å². The second kappa shape index (κ2) is 4.55. The van der Waals surface area contributed by atoms with Crippen LogP contribution in [-0.4, -0.2) is 10.1 Å². The monoisotopic (exact) mass is 263 g/mol. The molecule has 76 valence electrons. The maximum absolute atomic E-state index is 10.1. The SMILES string of the molecule is OC(c1ccncc1)c1cccc(Br)c1. The molecule has 0 saturated heterocycles. The van der Waals surface area contributed by atoms with E-state index in [2.05, 4.69) is 20.9 Å². The highest BCUT2D eigenvalue weighted by molar-refractivity contribution is 9.10. The number of aliphatic hydroxyl groups is 1. The summed E-state index contributed by atoms with van der Waals surface area (Å²) in [4.78, 5) is 3.92. The van der Waals surface area contributed by atoms with Crippen molar-refractivity contribution < 1.29 is 5.11 Å². The molecule has 0 bridgehead atoms. The standard InChI is InChI=1S/C12H10BrNO/c13-11-3-1-2-10(8-11)12(15)9-4-6-14-7-5-9/h1-8,12,15H. The number of pyridine rings is 1. The van der Waals surface area contributed by atoms with E-state index in [1.165, 1.54) is 0 Å². The van der Waals surface area contributed by atoms with Gasteiger partial charge in [0.2, 0.25) is 0 Å². The normalized spacial score (nSPS) is 12.4. The van der Waals surface area contributed by atoms with Gasteiger partial charge < -0.3 is 5.11 Å². The predicted molar refractivity (Wildman–Crippen MR) is 62.4 cm³/mol. The molecule has 1 aromatic carbocycles. The molecule has 15 heavy (non-hydrogen) atoms. The Morgan fingerprint density at radius 1 is 1.07 bits per heavy atom. The fourth-order valence-corrected chi connectivity index (χ4v) is 1.83. The zero-order valence-corrected chi connectivity index (χ0v) is 9.55. The largest absolute Gasteiger partial charge is 0.384 e. The maximum Gasteiger partial charge on any atom is 0.104 e. The van der Waals surface area contributed by atoms with Gasteiger partial charge in [-0.2, -0.15) is 0 Å². The molecule has 1 atom stereocenters. The zero-order valence-electron chi connectivity index (χ0n) is 7.97. The molecule has 1 N–H and O–H groups in total. The van der Waals surface area contributed by atoms with Crippen molar-refractivity contribution in [3.63, 3.8) is 0 Å². The Bertz CT molecular complexity index is 444. The van der Waals surface area contributed by atoms with Crippen molar-refractivity contribution in [2.75, 3.05) is 0 Å². The molecule has 1 aromatic heterocycles. The molecule has 0 aliphatic carbocycles. The van der Waals surface area contributed by atoms with Crippen molar-refractivity contribution in [1.82, 2.24) is 4.98 Å². The van der Waals surface area contributed by atoms with Gasteiger partial charge in [-0.1, -0.05) is 28.1 Å².